The zero-order chi connectivity index (χ0) is 13.1. The largest absolute Gasteiger partial charge is 0.504 e. The molecule has 2 rings (SSSR count). The van der Waals surface area contributed by atoms with Crippen LogP contribution in [0.25, 0.3) is 0 Å². The van der Waals surface area contributed by atoms with Crippen molar-refractivity contribution in [2.24, 2.45) is 0 Å². The highest BCUT2D eigenvalue weighted by molar-refractivity contribution is 5.52. The molecule has 0 saturated carbocycles. The summed E-state index contributed by atoms with van der Waals surface area (Å²) in [4.78, 5) is 4.00. The van der Waals surface area contributed by atoms with E-state index in [4.69, 9.17) is 9.63 Å². The molecule has 1 aromatic carbocycles. The Bertz CT molecular complexity index is 553. The number of aromatic hydroxyl groups is 3. The normalized spacial score (nSPS) is 10.7. The van der Waals surface area contributed by atoms with Crippen LogP contribution >= 0.6 is 0 Å². The summed E-state index contributed by atoms with van der Waals surface area (Å²) in [6, 6.07) is 2.82. The molecule has 0 unspecified atom stereocenters. The van der Waals surface area contributed by atoms with E-state index in [0.717, 1.165) is 0 Å². The highest BCUT2D eigenvalue weighted by Crippen LogP contribution is 2.36. The number of benzene rings is 1. The minimum atomic E-state index is -0.523. The maximum absolute atomic E-state index is 9.58. The van der Waals surface area contributed by atoms with Gasteiger partial charge in [-0.1, -0.05) is 11.2 Å². The molecule has 7 heteroatoms. The van der Waals surface area contributed by atoms with Crippen LogP contribution in [0.2, 0.25) is 0 Å². The Hall–Kier alpha value is -2.28. The van der Waals surface area contributed by atoms with Crippen molar-refractivity contribution in [2.75, 3.05) is 0 Å². The quantitative estimate of drug-likeness (QED) is 0.594. The molecule has 0 bridgehead atoms. The maximum atomic E-state index is 9.58. The minimum Gasteiger partial charge on any atom is -0.504 e. The van der Waals surface area contributed by atoms with E-state index in [1.54, 1.807) is 6.92 Å². The van der Waals surface area contributed by atoms with Gasteiger partial charge in [0.05, 0.1) is 6.54 Å². The third-order valence-corrected chi connectivity index (χ3v) is 2.38. The van der Waals surface area contributed by atoms with Gasteiger partial charge >= 0.3 is 0 Å². The van der Waals surface area contributed by atoms with Crippen LogP contribution in [0.1, 0.15) is 17.3 Å². The van der Waals surface area contributed by atoms with Gasteiger partial charge in [-0.25, -0.2) is 0 Å². The number of hydrogen-bond acceptors (Lipinski definition) is 7. The molecule has 0 aliphatic carbocycles. The first-order valence-electron chi connectivity index (χ1n) is 5.30. The van der Waals surface area contributed by atoms with Gasteiger partial charge in [-0.2, -0.15) is 4.98 Å². The van der Waals surface area contributed by atoms with Gasteiger partial charge in [0.25, 0.3) is 0 Å². The van der Waals surface area contributed by atoms with E-state index in [2.05, 4.69) is 15.5 Å². The molecule has 0 atom stereocenters. The molecule has 96 valence electrons. The standard InChI is InChI=1S/C11H13N3O4/c1-6-13-9(14-18-6)5-12-4-7-2-3-8(15)11(17)10(7)16/h2-3,12,15-17H,4-5H2,1H3. The van der Waals surface area contributed by atoms with E-state index in [9.17, 15) is 10.2 Å². The zero-order valence-electron chi connectivity index (χ0n) is 9.71. The van der Waals surface area contributed by atoms with E-state index in [1.807, 2.05) is 0 Å². The third kappa shape index (κ3) is 2.51. The van der Waals surface area contributed by atoms with Gasteiger partial charge in [0, 0.05) is 19.0 Å². The summed E-state index contributed by atoms with van der Waals surface area (Å²) in [6.45, 7) is 2.37. The van der Waals surface area contributed by atoms with Gasteiger partial charge in [0.2, 0.25) is 11.6 Å². The molecule has 0 fully saturated rings. The van der Waals surface area contributed by atoms with Gasteiger partial charge in [0.15, 0.2) is 17.3 Å². The Balaban J connectivity index is 1.96. The smallest absolute Gasteiger partial charge is 0.223 e. The molecule has 0 aliphatic heterocycles. The van der Waals surface area contributed by atoms with E-state index in [0.29, 0.717) is 30.4 Å². The second kappa shape index (κ2) is 4.92. The molecule has 4 N–H and O–H groups in total. The molecule has 0 radical (unpaired) electrons. The lowest BCUT2D eigenvalue weighted by atomic mass is 10.1. The summed E-state index contributed by atoms with van der Waals surface area (Å²) in [6.07, 6.45) is 0. The minimum absolute atomic E-state index is 0.299. The highest BCUT2D eigenvalue weighted by Gasteiger charge is 2.10. The fourth-order valence-electron chi connectivity index (χ4n) is 1.48. The lowest BCUT2D eigenvalue weighted by molar-refractivity contribution is 0.363. The molecule has 0 aliphatic rings. The van der Waals surface area contributed by atoms with Crippen LogP contribution in [-0.4, -0.2) is 25.5 Å². The molecule has 0 amide bonds. The van der Waals surface area contributed by atoms with Crippen LogP contribution in [0.5, 0.6) is 17.2 Å². The first-order valence-corrected chi connectivity index (χ1v) is 5.30. The molecular formula is C11H13N3O4. The van der Waals surface area contributed by atoms with Crippen molar-refractivity contribution in [1.82, 2.24) is 15.5 Å². The van der Waals surface area contributed by atoms with Crippen LogP contribution < -0.4 is 5.32 Å². The third-order valence-electron chi connectivity index (χ3n) is 2.38. The Morgan fingerprint density at radius 3 is 2.61 bits per heavy atom. The first kappa shape index (κ1) is 12.2. The molecule has 2 aromatic rings. The van der Waals surface area contributed by atoms with Crippen molar-refractivity contribution >= 4 is 0 Å². The number of phenols is 3. The van der Waals surface area contributed by atoms with Crippen LogP contribution in [-0.2, 0) is 13.1 Å². The number of phenolic OH excluding ortho intramolecular Hbond substituents is 3. The van der Waals surface area contributed by atoms with Crippen molar-refractivity contribution in [3.63, 3.8) is 0 Å². The molecule has 0 saturated heterocycles. The van der Waals surface area contributed by atoms with Crippen LogP contribution in [0.3, 0.4) is 0 Å². The SMILES string of the molecule is Cc1nc(CNCc2ccc(O)c(O)c2O)no1. The molecule has 7 nitrogen and oxygen atoms in total. The maximum Gasteiger partial charge on any atom is 0.223 e. The number of rotatable bonds is 4. The topological polar surface area (TPSA) is 112 Å². The van der Waals surface area contributed by atoms with E-state index in [1.165, 1.54) is 12.1 Å². The Kier molecular flexibility index (Phi) is 3.33. The lowest BCUT2D eigenvalue weighted by Crippen LogP contribution is -2.13. The Morgan fingerprint density at radius 1 is 1.17 bits per heavy atom. The molecule has 18 heavy (non-hydrogen) atoms. The number of aromatic nitrogens is 2. The second-order valence-electron chi connectivity index (χ2n) is 3.77. The molecule has 1 heterocycles. The van der Waals surface area contributed by atoms with Gasteiger partial charge in [0.1, 0.15) is 0 Å². The summed E-state index contributed by atoms with van der Waals surface area (Å²) in [7, 11) is 0. The Labute approximate surface area is 103 Å². The molecule has 1 aromatic heterocycles. The average molecular weight is 251 g/mol. The van der Waals surface area contributed by atoms with E-state index >= 15 is 0 Å². The highest BCUT2D eigenvalue weighted by atomic mass is 16.5. The summed E-state index contributed by atoms with van der Waals surface area (Å²) in [5, 5.41) is 34.8. The Morgan fingerprint density at radius 2 is 1.94 bits per heavy atom. The fourth-order valence-corrected chi connectivity index (χ4v) is 1.48. The van der Waals surface area contributed by atoms with Crippen molar-refractivity contribution < 1.29 is 19.8 Å². The molecule has 0 spiro atoms. The lowest BCUT2D eigenvalue weighted by Gasteiger charge is -2.07. The summed E-state index contributed by atoms with van der Waals surface area (Å²) >= 11 is 0. The average Bonchev–Trinajstić information content (AvgIpc) is 2.75. The van der Waals surface area contributed by atoms with Gasteiger partial charge in [-0.15, -0.1) is 0 Å². The number of hydrogen-bond donors (Lipinski definition) is 4. The van der Waals surface area contributed by atoms with E-state index < -0.39 is 5.75 Å². The predicted molar refractivity (Wildman–Crippen MR) is 61.0 cm³/mol. The van der Waals surface area contributed by atoms with Crippen LogP contribution in [0.4, 0.5) is 0 Å². The summed E-state index contributed by atoms with van der Waals surface area (Å²) in [5.74, 6) is -0.228. The first-order chi connectivity index (χ1) is 8.58. The van der Waals surface area contributed by atoms with Crippen molar-refractivity contribution in [2.45, 2.75) is 20.0 Å². The van der Waals surface area contributed by atoms with Crippen molar-refractivity contribution in [3.05, 3.63) is 29.4 Å². The van der Waals surface area contributed by atoms with Gasteiger partial charge in [-0.3, -0.25) is 0 Å². The number of aryl methyl sites for hydroxylation is 1. The van der Waals surface area contributed by atoms with Crippen LogP contribution in [0, 0.1) is 6.92 Å². The zero-order valence-corrected chi connectivity index (χ0v) is 9.71. The number of nitrogens with zero attached hydrogens (tertiary/aromatic N) is 2. The summed E-state index contributed by atoms with van der Waals surface area (Å²) in [5.41, 5.74) is 0.463. The monoisotopic (exact) mass is 251 g/mol. The van der Waals surface area contributed by atoms with Crippen molar-refractivity contribution in [3.8, 4) is 17.2 Å². The van der Waals surface area contributed by atoms with Crippen molar-refractivity contribution in [1.29, 1.82) is 0 Å². The second-order valence-corrected chi connectivity index (χ2v) is 3.77. The van der Waals surface area contributed by atoms with Gasteiger partial charge in [-0.05, 0) is 6.07 Å². The summed E-state index contributed by atoms with van der Waals surface area (Å²) < 4.78 is 4.80. The van der Waals surface area contributed by atoms with Gasteiger partial charge < -0.3 is 25.2 Å². The van der Waals surface area contributed by atoms with E-state index in [-0.39, 0.29) is 11.5 Å². The fraction of sp³-hybridized carbons (Fsp3) is 0.273. The number of nitrogens with one attached hydrogen (secondary N) is 1. The molecular weight excluding hydrogens is 238 g/mol. The predicted octanol–water partition coefficient (Wildman–Crippen LogP) is 0.785. The van der Waals surface area contributed by atoms with Crippen LogP contribution in [0.15, 0.2) is 16.7 Å².